The van der Waals surface area contributed by atoms with E-state index in [9.17, 15) is 0 Å². The van der Waals surface area contributed by atoms with Crippen molar-refractivity contribution in [1.82, 2.24) is 14.6 Å². The SMILES string of the molecule is Cc1cccc2nc(NCc3ccco3)nn12. The molecule has 3 aromatic rings. The van der Waals surface area contributed by atoms with Gasteiger partial charge in [0.2, 0.25) is 5.95 Å². The minimum absolute atomic E-state index is 0.586. The Labute approximate surface area is 98.1 Å². The first-order valence-corrected chi connectivity index (χ1v) is 5.41. The number of rotatable bonds is 3. The molecule has 0 unspecified atom stereocenters. The summed E-state index contributed by atoms with van der Waals surface area (Å²) >= 11 is 0. The molecule has 0 atom stereocenters. The molecule has 0 spiro atoms. The number of aryl methyl sites for hydroxylation is 1. The van der Waals surface area contributed by atoms with E-state index in [0.29, 0.717) is 12.5 Å². The van der Waals surface area contributed by atoms with Gasteiger partial charge in [-0.25, -0.2) is 4.52 Å². The van der Waals surface area contributed by atoms with E-state index in [2.05, 4.69) is 15.4 Å². The molecule has 3 rings (SSSR count). The molecule has 1 N–H and O–H groups in total. The zero-order chi connectivity index (χ0) is 11.7. The minimum atomic E-state index is 0.586. The molecule has 0 fully saturated rings. The molecule has 0 amide bonds. The summed E-state index contributed by atoms with van der Waals surface area (Å²) in [6.45, 7) is 2.58. The molecule has 0 radical (unpaired) electrons. The lowest BCUT2D eigenvalue weighted by molar-refractivity contribution is 0.517. The first kappa shape index (κ1) is 9.89. The molecule has 17 heavy (non-hydrogen) atoms. The Morgan fingerprint density at radius 2 is 2.24 bits per heavy atom. The van der Waals surface area contributed by atoms with Crippen LogP contribution < -0.4 is 5.32 Å². The van der Waals surface area contributed by atoms with Crippen molar-refractivity contribution in [1.29, 1.82) is 0 Å². The number of fused-ring (bicyclic) bond motifs is 1. The normalized spacial score (nSPS) is 10.9. The number of hydrogen-bond donors (Lipinski definition) is 1. The van der Waals surface area contributed by atoms with Gasteiger partial charge in [0, 0.05) is 5.69 Å². The highest BCUT2D eigenvalue weighted by Gasteiger charge is 2.04. The topological polar surface area (TPSA) is 55.4 Å². The molecule has 0 saturated heterocycles. The van der Waals surface area contributed by atoms with Gasteiger partial charge >= 0.3 is 0 Å². The smallest absolute Gasteiger partial charge is 0.243 e. The average molecular weight is 228 g/mol. The molecule has 0 saturated carbocycles. The molecule has 3 aromatic heterocycles. The second kappa shape index (κ2) is 3.93. The van der Waals surface area contributed by atoms with Gasteiger partial charge in [-0.2, -0.15) is 4.98 Å². The first-order valence-electron chi connectivity index (χ1n) is 5.41. The van der Waals surface area contributed by atoms with Gasteiger partial charge in [0.25, 0.3) is 0 Å². The predicted molar refractivity (Wildman–Crippen MR) is 63.8 cm³/mol. The van der Waals surface area contributed by atoms with Crippen LogP contribution in [0.5, 0.6) is 0 Å². The van der Waals surface area contributed by atoms with Crippen molar-refractivity contribution < 1.29 is 4.42 Å². The Bertz CT molecular complexity index is 627. The number of anilines is 1. The van der Waals surface area contributed by atoms with E-state index in [4.69, 9.17) is 4.42 Å². The fraction of sp³-hybridized carbons (Fsp3) is 0.167. The fourth-order valence-electron chi connectivity index (χ4n) is 1.69. The lowest BCUT2D eigenvalue weighted by Crippen LogP contribution is -2.00. The molecular formula is C12H12N4O. The van der Waals surface area contributed by atoms with E-state index in [-0.39, 0.29) is 0 Å². The summed E-state index contributed by atoms with van der Waals surface area (Å²) in [7, 11) is 0. The van der Waals surface area contributed by atoms with E-state index in [1.165, 1.54) is 0 Å². The average Bonchev–Trinajstić information content (AvgIpc) is 2.95. The molecule has 86 valence electrons. The highest BCUT2D eigenvalue weighted by molar-refractivity contribution is 5.44. The van der Waals surface area contributed by atoms with Crippen LogP contribution in [0, 0.1) is 6.92 Å². The van der Waals surface area contributed by atoms with Crippen molar-refractivity contribution in [3.05, 3.63) is 48.0 Å². The third kappa shape index (κ3) is 1.87. The number of nitrogens with zero attached hydrogens (tertiary/aromatic N) is 3. The van der Waals surface area contributed by atoms with Crippen LogP contribution in [0.25, 0.3) is 5.65 Å². The molecule has 0 aliphatic rings. The summed E-state index contributed by atoms with van der Waals surface area (Å²) in [5, 5.41) is 7.49. The van der Waals surface area contributed by atoms with Crippen molar-refractivity contribution in [2.75, 3.05) is 5.32 Å². The highest BCUT2D eigenvalue weighted by Crippen LogP contribution is 2.09. The van der Waals surface area contributed by atoms with Crippen LogP contribution in [0.4, 0.5) is 5.95 Å². The second-order valence-corrected chi connectivity index (χ2v) is 3.81. The summed E-state index contributed by atoms with van der Waals surface area (Å²) in [6, 6.07) is 9.66. The molecule has 3 heterocycles. The number of nitrogens with one attached hydrogen (secondary N) is 1. The van der Waals surface area contributed by atoms with Crippen LogP contribution in [0.15, 0.2) is 41.0 Å². The lowest BCUT2D eigenvalue weighted by Gasteiger charge is -1.97. The van der Waals surface area contributed by atoms with E-state index in [1.54, 1.807) is 6.26 Å². The molecule has 5 heteroatoms. The van der Waals surface area contributed by atoms with Gasteiger partial charge < -0.3 is 9.73 Å². The third-order valence-corrected chi connectivity index (χ3v) is 2.55. The standard InChI is InChI=1S/C12H12N4O/c1-9-4-2-6-11-14-12(15-16(9)11)13-8-10-5-3-7-17-10/h2-7H,8H2,1H3,(H,13,15). The summed E-state index contributed by atoms with van der Waals surface area (Å²) in [5.41, 5.74) is 1.90. The lowest BCUT2D eigenvalue weighted by atomic mass is 10.4. The fourth-order valence-corrected chi connectivity index (χ4v) is 1.69. The molecule has 0 aliphatic heterocycles. The maximum Gasteiger partial charge on any atom is 0.243 e. The number of hydrogen-bond acceptors (Lipinski definition) is 4. The van der Waals surface area contributed by atoms with E-state index >= 15 is 0 Å². The van der Waals surface area contributed by atoms with Gasteiger partial charge in [-0.15, -0.1) is 5.10 Å². The number of furan rings is 1. The quantitative estimate of drug-likeness (QED) is 0.747. The zero-order valence-electron chi connectivity index (χ0n) is 9.42. The maximum absolute atomic E-state index is 5.23. The van der Waals surface area contributed by atoms with Gasteiger partial charge in [-0.05, 0) is 31.2 Å². The van der Waals surface area contributed by atoms with Crippen LogP contribution in [-0.2, 0) is 6.54 Å². The largest absolute Gasteiger partial charge is 0.467 e. The van der Waals surface area contributed by atoms with E-state index in [0.717, 1.165) is 17.1 Å². The third-order valence-electron chi connectivity index (χ3n) is 2.55. The van der Waals surface area contributed by atoms with Gasteiger partial charge in [0.05, 0.1) is 12.8 Å². The van der Waals surface area contributed by atoms with Crippen LogP contribution in [0.2, 0.25) is 0 Å². The maximum atomic E-state index is 5.23. The summed E-state index contributed by atoms with van der Waals surface area (Å²) in [5.74, 6) is 1.47. The van der Waals surface area contributed by atoms with Crippen molar-refractivity contribution in [3.63, 3.8) is 0 Å². The predicted octanol–water partition coefficient (Wildman–Crippen LogP) is 2.24. The van der Waals surface area contributed by atoms with Gasteiger partial charge in [-0.1, -0.05) is 6.07 Å². The summed E-state index contributed by atoms with van der Waals surface area (Å²) < 4.78 is 7.04. The van der Waals surface area contributed by atoms with E-state index < -0.39 is 0 Å². The van der Waals surface area contributed by atoms with Crippen molar-refractivity contribution in [3.8, 4) is 0 Å². The Morgan fingerprint density at radius 3 is 3.00 bits per heavy atom. The van der Waals surface area contributed by atoms with Gasteiger partial charge in [-0.3, -0.25) is 0 Å². The molecule has 0 bridgehead atoms. The zero-order valence-corrected chi connectivity index (χ0v) is 9.42. The Morgan fingerprint density at radius 1 is 1.29 bits per heavy atom. The van der Waals surface area contributed by atoms with Crippen LogP contribution in [-0.4, -0.2) is 14.6 Å². The Kier molecular flexibility index (Phi) is 2.29. The molecule has 0 aromatic carbocycles. The Balaban J connectivity index is 1.84. The first-order chi connectivity index (χ1) is 8.33. The van der Waals surface area contributed by atoms with Crippen LogP contribution in [0.1, 0.15) is 11.5 Å². The highest BCUT2D eigenvalue weighted by atomic mass is 16.3. The molecule has 5 nitrogen and oxygen atoms in total. The van der Waals surface area contributed by atoms with Crippen molar-refractivity contribution >= 4 is 11.6 Å². The summed E-state index contributed by atoms with van der Waals surface area (Å²) in [4.78, 5) is 4.37. The van der Waals surface area contributed by atoms with E-state index in [1.807, 2.05) is 41.8 Å². The Hall–Kier alpha value is -2.30. The monoisotopic (exact) mass is 228 g/mol. The molecular weight excluding hydrogens is 216 g/mol. The van der Waals surface area contributed by atoms with Crippen molar-refractivity contribution in [2.45, 2.75) is 13.5 Å². The number of aromatic nitrogens is 3. The minimum Gasteiger partial charge on any atom is -0.467 e. The van der Waals surface area contributed by atoms with Gasteiger partial charge in [0.1, 0.15) is 5.76 Å². The van der Waals surface area contributed by atoms with Crippen molar-refractivity contribution in [2.24, 2.45) is 0 Å². The summed E-state index contributed by atoms with van der Waals surface area (Å²) in [6.07, 6.45) is 1.65. The second-order valence-electron chi connectivity index (χ2n) is 3.81. The number of pyridine rings is 1. The molecule has 0 aliphatic carbocycles. The van der Waals surface area contributed by atoms with Crippen LogP contribution in [0.3, 0.4) is 0 Å². The van der Waals surface area contributed by atoms with Gasteiger partial charge in [0.15, 0.2) is 5.65 Å². The van der Waals surface area contributed by atoms with Crippen LogP contribution >= 0.6 is 0 Å².